The van der Waals surface area contributed by atoms with Crippen LogP contribution in [0.15, 0.2) is 12.1 Å². The second-order valence-corrected chi connectivity index (χ2v) is 4.92. The van der Waals surface area contributed by atoms with Crippen molar-refractivity contribution in [3.05, 3.63) is 21.9 Å². The Morgan fingerprint density at radius 3 is 2.43 bits per heavy atom. The van der Waals surface area contributed by atoms with Gasteiger partial charge in [0.15, 0.2) is 5.78 Å². The summed E-state index contributed by atoms with van der Waals surface area (Å²) >= 11 is 1.45. The van der Waals surface area contributed by atoms with E-state index in [0.29, 0.717) is 4.88 Å². The van der Waals surface area contributed by atoms with Gasteiger partial charge in [-0.2, -0.15) is 0 Å². The maximum absolute atomic E-state index is 11.6. The zero-order chi connectivity index (χ0) is 10.7. The Hall–Kier alpha value is -0.960. The lowest BCUT2D eigenvalue weighted by molar-refractivity contribution is -0.121. The fraction of sp³-hybridized carbons (Fsp3) is 0.455. The van der Waals surface area contributed by atoms with Crippen LogP contribution >= 0.6 is 11.3 Å². The summed E-state index contributed by atoms with van der Waals surface area (Å²) in [5.74, 6) is -0.0946. The first kappa shape index (κ1) is 11.1. The molecule has 0 aliphatic heterocycles. The second kappa shape index (κ2) is 4.51. The molecule has 1 aromatic rings. The van der Waals surface area contributed by atoms with Gasteiger partial charge in [0, 0.05) is 10.8 Å². The first-order valence-electron chi connectivity index (χ1n) is 4.63. The highest BCUT2D eigenvalue weighted by molar-refractivity contribution is 7.14. The van der Waals surface area contributed by atoms with Crippen molar-refractivity contribution in [2.45, 2.75) is 27.2 Å². The van der Waals surface area contributed by atoms with E-state index in [1.165, 1.54) is 11.3 Å². The van der Waals surface area contributed by atoms with E-state index in [9.17, 15) is 9.59 Å². The highest BCUT2D eigenvalue weighted by Gasteiger charge is 2.15. The molecule has 0 aromatic carbocycles. The lowest BCUT2D eigenvalue weighted by atomic mass is 10.0. The van der Waals surface area contributed by atoms with E-state index < -0.39 is 0 Å². The van der Waals surface area contributed by atoms with Crippen LogP contribution < -0.4 is 0 Å². The molecule has 0 atom stereocenters. The molecule has 0 radical (unpaired) electrons. The molecule has 0 aliphatic carbocycles. The number of aryl methyl sites for hydroxylation is 1. The zero-order valence-corrected chi connectivity index (χ0v) is 9.48. The number of rotatable bonds is 4. The summed E-state index contributed by atoms with van der Waals surface area (Å²) in [4.78, 5) is 24.7. The Morgan fingerprint density at radius 2 is 2.00 bits per heavy atom. The summed E-state index contributed by atoms with van der Waals surface area (Å²) in [5.41, 5.74) is 0. The summed E-state index contributed by atoms with van der Waals surface area (Å²) in [7, 11) is 0. The van der Waals surface area contributed by atoms with Crippen molar-refractivity contribution < 1.29 is 9.59 Å². The minimum absolute atomic E-state index is 0.0149. The third-order valence-corrected chi connectivity index (χ3v) is 3.04. The number of carbonyl (C=O) groups excluding carboxylic acids is 2. The van der Waals surface area contributed by atoms with E-state index in [2.05, 4.69) is 0 Å². The number of carbonyl (C=O) groups is 2. The van der Waals surface area contributed by atoms with E-state index in [0.717, 1.165) is 4.88 Å². The van der Waals surface area contributed by atoms with Crippen LogP contribution in [0.2, 0.25) is 0 Å². The molecule has 0 saturated heterocycles. The molecule has 0 unspecified atom stereocenters. The first-order chi connectivity index (χ1) is 6.50. The molecule has 2 nitrogen and oxygen atoms in total. The number of ketones is 2. The molecule has 1 aromatic heterocycles. The van der Waals surface area contributed by atoms with Gasteiger partial charge in [0.25, 0.3) is 0 Å². The Kier molecular flexibility index (Phi) is 3.58. The van der Waals surface area contributed by atoms with E-state index >= 15 is 0 Å². The fourth-order valence-corrected chi connectivity index (χ4v) is 1.84. The second-order valence-electron chi connectivity index (χ2n) is 3.63. The van der Waals surface area contributed by atoms with Gasteiger partial charge in [0.2, 0.25) is 0 Å². The van der Waals surface area contributed by atoms with Gasteiger partial charge in [-0.15, -0.1) is 11.3 Å². The smallest absolute Gasteiger partial charge is 0.180 e. The molecule has 0 bridgehead atoms. The SMILES string of the molecule is Cc1ccc(C(=O)CC(=O)C(C)C)s1. The fourth-order valence-electron chi connectivity index (χ4n) is 1.03. The molecule has 0 aliphatic rings. The molecule has 76 valence electrons. The molecule has 3 heteroatoms. The Balaban J connectivity index is 2.64. The average Bonchev–Trinajstić information content (AvgIpc) is 2.51. The summed E-state index contributed by atoms with van der Waals surface area (Å²) < 4.78 is 0. The number of hydrogen-bond acceptors (Lipinski definition) is 3. The predicted octanol–water partition coefficient (Wildman–Crippen LogP) is 2.85. The Bertz CT molecular complexity index is 350. The molecule has 1 heterocycles. The predicted molar refractivity (Wildman–Crippen MR) is 57.8 cm³/mol. The molecule has 0 fully saturated rings. The Labute approximate surface area is 87.9 Å². The van der Waals surface area contributed by atoms with E-state index in [1.54, 1.807) is 6.07 Å². The van der Waals surface area contributed by atoms with Gasteiger partial charge in [-0.05, 0) is 19.1 Å². The van der Waals surface area contributed by atoms with Crippen LogP contribution in [0.25, 0.3) is 0 Å². The topological polar surface area (TPSA) is 34.1 Å². The standard InChI is InChI=1S/C11H14O2S/c1-7(2)9(12)6-10(13)11-5-4-8(3)14-11/h4-5,7H,6H2,1-3H3. The van der Waals surface area contributed by atoms with Crippen LogP contribution in [0.5, 0.6) is 0 Å². The van der Waals surface area contributed by atoms with E-state index in [1.807, 2.05) is 26.8 Å². The minimum Gasteiger partial charge on any atom is -0.299 e. The molecule has 14 heavy (non-hydrogen) atoms. The van der Waals surface area contributed by atoms with Gasteiger partial charge < -0.3 is 0 Å². The average molecular weight is 210 g/mol. The normalized spacial score (nSPS) is 10.6. The first-order valence-corrected chi connectivity index (χ1v) is 5.44. The largest absolute Gasteiger partial charge is 0.299 e. The third-order valence-electron chi connectivity index (χ3n) is 1.99. The minimum atomic E-state index is -0.0555. The highest BCUT2D eigenvalue weighted by Crippen LogP contribution is 2.17. The third kappa shape index (κ3) is 2.77. The summed E-state index contributed by atoms with van der Waals surface area (Å²) in [6, 6.07) is 3.69. The van der Waals surface area contributed by atoms with Crippen LogP contribution in [0.3, 0.4) is 0 Å². The molecule has 0 N–H and O–H groups in total. The van der Waals surface area contributed by atoms with Gasteiger partial charge >= 0.3 is 0 Å². The number of Topliss-reactive ketones (excluding diaryl/α,β-unsaturated/α-hetero) is 2. The maximum Gasteiger partial charge on any atom is 0.180 e. The van der Waals surface area contributed by atoms with Crippen molar-refractivity contribution in [1.82, 2.24) is 0 Å². The van der Waals surface area contributed by atoms with Crippen molar-refractivity contribution in [2.24, 2.45) is 5.92 Å². The van der Waals surface area contributed by atoms with Crippen LogP contribution in [0.4, 0.5) is 0 Å². The molecule has 1 rings (SSSR count). The zero-order valence-electron chi connectivity index (χ0n) is 8.66. The monoisotopic (exact) mass is 210 g/mol. The van der Waals surface area contributed by atoms with Gasteiger partial charge in [0.05, 0.1) is 11.3 Å². The van der Waals surface area contributed by atoms with Crippen molar-refractivity contribution in [1.29, 1.82) is 0 Å². The lowest BCUT2D eigenvalue weighted by Gasteiger charge is -2.01. The Morgan fingerprint density at radius 1 is 1.36 bits per heavy atom. The van der Waals surface area contributed by atoms with Crippen molar-refractivity contribution in [2.75, 3.05) is 0 Å². The van der Waals surface area contributed by atoms with Crippen molar-refractivity contribution in [3.63, 3.8) is 0 Å². The highest BCUT2D eigenvalue weighted by atomic mass is 32.1. The van der Waals surface area contributed by atoms with Crippen molar-refractivity contribution in [3.8, 4) is 0 Å². The maximum atomic E-state index is 11.6. The molecular formula is C11H14O2S. The van der Waals surface area contributed by atoms with Gasteiger partial charge in [-0.25, -0.2) is 0 Å². The van der Waals surface area contributed by atoms with E-state index in [4.69, 9.17) is 0 Å². The number of hydrogen-bond donors (Lipinski definition) is 0. The van der Waals surface area contributed by atoms with Crippen LogP contribution in [-0.4, -0.2) is 11.6 Å². The molecule has 0 amide bonds. The molecular weight excluding hydrogens is 196 g/mol. The van der Waals surface area contributed by atoms with Crippen LogP contribution in [0.1, 0.15) is 34.8 Å². The van der Waals surface area contributed by atoms with Crippen molar-refractivity contribution >= 4 is 22.9 Å². The quantitative estimate of drug-likeness (QED) is 0.565. The van der Waals surface area contributed by atoms with Crippen LogP contribution in [0, 0.1) is 12.8 Å². The summed E-state index contributed by atoms with van der Waals surface area (Å²) in [6.07, 6.45) is 0.0393. The summed E-state index contributed by atoms with van der Waals surface area (Å²) in [6.45, 7) is 5.58. The van der Waals surface area contributed by atoms with Gasteiger partial charge in [-0.3, -0.25) is 9.59 Å². The molecule has 0 spiro atoms. The van der Waals surface area contributed by atoms with Crippen LogP contribution in [-0.2, 0) is 4.79 Å². The lowest BCUT2D eigenvalue weighted by Crippen LogP contribution is -2.12. The van der Waals surface area contributed by atoms with E-state index in [-0.39, 0.29) is 23.9 Å². The number of thiophene rings is 1. The molecule has 0 saturated carbocycles. The van der Waals surface area contributed by atoms with Gasteiger partial charge in [0.1, 0.15) is 5.78 Å². The summed E-state index contributed by atoms with van der Waals surface area (Å²) in [5, 5.41) is 0. The van der Waals surface area contributed by atoms with Gasteiger partial charge in [-0.1, -0.05) is 13.8 Å².